The first-order valence-electron chi connectivity index (χ1n) is 12.6. The minimum atomic E-state index is -0.938. The van der Waals surface area contributed by atoms with Crippen molar-refractivity contribution >= 4 is 57.2 Å². The molecule has 0 atom stereocenters. The van der Waals surface area contributed by atoms with Gasteiger partial charge >= 0.3 is 12.0 Å². The smallest absolute Gasteiger partial charge is 0.338 e. The van der Waals surface area contributed by atoms with Gasteiger partial charge in [0.15, 0.2) is 11.5 Å². The van der Waals surface area contributed by atoms with Crippen molar-refractivity contribution in [1.82, 2.24) is 5.32 Å². The van der Waals surface area contributed by atoms with E-state index in [-0.39, 0.29) is 48.1 Å². The number of nitro groups is 1. The number of nitrogens with one attached hydrogen (secondary N) is 1. The number of ether oxygens (including phenoxy) is 3. The molecule has 1 aliphatic rings. The molecular weight excluding hydrogens is 614 g/mol. The van der Waals surface area contributed by atoms with Gasteiger partial charge in [0.05, 0.1) is 33.9 Å². The quantitative estimate of drug-likeness (QED) is 0.104. The molecule has 1 heterocycles. The number of carbonyl (C=O) groups excluding carboxylic acids is 4. The number of halogens is 1. The molecule has 0 aliphatic carbocycles. The third-order valence-corrected chi connectivity index (χ3v) is 6.47. The van der Waals surface area contributed by atoms with Crippen LogP contribution in [-0.4, -0.2) is 42.0 Å². The summed E-state index contributed by atoms with van der Waals surface area (Å²) in [6, 6.07) is 13.8. The van der Waals surface area contributed by atoms with Crippen molar-refractivity contribution in [3.63, 3.8) is 0 Å². The number of nitrogens with zero attached hydrogens (tertiary/aromatic N) is 2. The van der Waals surface area contributed by atoms with Gasteiger partial charge in [-0.3, -0.25) is 25.0 Å². The van der Waals surface area contributed by atoms with Crippen molar-refractivity contribution in [1.29, 1.82) is 0 Å². The molecule has 1 aliphatic heterocycles. The second-order valence-electron chi connectivity index (χ2n) is 8.70. The predicted molar refractivity (Wildman–Crippen MR) is 154 cm³/mol. The van der Waals surface area contributed by atoms with Crippen molar-refractivity contribution in [2.45, 2.75) is 20.5 Å². The fourth-order valence-corrected chi connectivity index (χ4v) is 4.58. The van der Waals surface area contributed by atoms with Crippen LogP contribution in [0.3, 0.4) is 0 Å². The fraction of sp³-hybridized carbons (Fsp3) is 0.172. The second-order valence-corrected chi connectivity index (χ2v) is 9.56. The summed E-state index contributed by atoms with van der Waals surface area (Å²) in [6.07, 6.45) is 1.31. The van der Waals surface area contributed by atoms with Crippen molar-refractivity contribution in [3.05, 3.63) is 97.5 Å². The average molecular weight is 638 g/mol. The van der Waals surface area contributed by atoms with E-state index in [4.69, 9.17) is 14.2 Å². The van der Waals surface area contributed by atoms with Gasteiger partial charge in [-0.2, -0.15) is 0 Å². The molecule has 0 spiro atoms. The van der Waals surface area contributed by atoms with Crippen molar-refractivity contribution in [2.24, 2.45) is 0 Å². The summed E-state index contributed by atoms with van der Waals surface area (Å²) in [6.45, 7) is 3.90. The molecule has 1 saturated heterocycles. The van der Waals surface area contributed by atoms with Crippen LogP contribution in [0.2, 0.25) is 0 Å². The zero-order chi connectivity index (χ0) is 30.4. The highest BCUT2D eigenvalue weighted by molar-refractivity contribution is 9.10. The van der Waals surface area contributed by atoms with Gasteiger partial charge in [-0.1, -0.05) is 12.1 Å². The highest BCUT2D eigenvalue weighted by Gasteiger charge is 2.37. The first-order valence-corrected chi connectivity index (χ1v) is 13.4. The normalized spacial score (nSPS) is 14.0. The lowest BCUT2D eigenvalue weighted by atomic mass is 10.1. The lowest BCUT2D eigenvalue weighted by Gasteiger charge is -2.26. The molecule has 1 fully saturated rings. The van der Waals surface area contributed by atoms with E-state index in [1.165, 1.54) is 42.5 Å². The number of barbiturate groups is 1. The highest BCUT2D eigenvalue weighted by Crippen LogP contribution is 2.38. The number of imide groups is 2. The number of benzene rings is 3. The number of nitro benzene ring substituents is 1. The molecule has 3 aromatic carbocycles. The number of anilines is 1. The van der Waals surface area contributed by atoms with Crippen LogP contribution in [0.5, 0.6) is 11.5 Å². The minimum absolute atomic E-state index is 0.00765. The lowest BCUT2D eigenvalue weighted by molar-refractivity contribution is -0.384. The lowest BCUT2D eigenvalue weighted by Crippen LogP contribution is -2.54. The molecule has 0 unspecified atom stereocenters. The maximum atomic E-state index is 13.3. The molecule has 4 amide bonds. The molecular formula is C29H24BrN3O9. The van der Waals surface area contributed by atoms with E-state index in [2.05, 4.69) is 21.2 Å². The van der Waals surface area contributed by atoms with E-state index in [1.807, 2.05) is 0 Å². The zero-order valence-electron chi connectivity index (χ0n) is 22.4. The predicted octanol–water partition coefficient (Wildman–Crippen LogP) is 5.18. The summed E-state index contributed by atoms with van der Waals surface area (Å²) in [5.41, 5.74) is 0.944. The van der Waals surface area contributed by atoms with Gasteiger partial charge in [-0.05, 0) is 83.4 Å². The third-order valence-electron chi connectivity index (χ3n) is 5.89. The Morgan fingerprint density at radius 2 is 1.76 bits per heavy atom. The number of rotatable bonds is 10. The Balaban J connectivity index is 1.62. The van der Waals surface area contributed by atoms with E-state index in [1.54, 1.807) is 38.1 Å². The standard InChI is InChI=1S/C29H24BrN3O9/c1-3-40-24-15-18(14-23(30)25(24)42-16-17-6-5-7-21(12-17)33(38)39)13-22-26(34)31-29(37)32(27(22)35)20-10-8-19(9-11-20)28(36)41-4-2/h5-15H,3-4,16H2,1-2H3,(H,31,34,37)/b22-13+. The van der Waals surface area contributed by atoms with Crippen molar-refractivity contribution in [2.75, 3.05) is 18.1 Å². The van der Waals surface area contributed by atoms with Gasteiger partial charge in [0, 0.05) is 12.1 Å². The zero-order valence-corrected chi connectivity index (χ0v) is 24.0. The Labute approximate surface area is 248 Å². The monoisotopic (exact) mass is 637 g/mol. The number of amides is 4. The Kier molecular flexibility index (Phi) is 9.32. The van der Waals surface area contributed by atoms with E-state index in [0.717, 1.165) is 4.90 Å². The van der Waals surface area contributed by atoms with Crippen LogP contribution in [0.4, 0.5) is 16.2 Å². The third kappa shape index (κ3) is 6.63. The van der Waals surface area contributed by atoms with Gasteiger partial charge < -0.3 is 14.2 Å². The summed E-state index contributed by atoms with van der Waals surface area (Å²) in [5, 5.41) is 13.2. The molecule has 1 N–H and O–H groups in total. The fourth-order valence-electron chi connectivity index (χ4n) is 4.01. The van der Waals surface area contributed by atoms with Gasteiger partial charge in [0.25, 0.3) is 17.5 Å². The van der Waals surface area contributed by atoms with Crippen LogP contribution < -0.4 is 19.7 Å². The number of urea groups is 1. The Bertz CT molecular complexity index is 1600. The first-order chi connectivity index (χ1) is 20.1. The highest BCUT2D eigenvalue weighted by atomic mass is 79.9. The molecule has 0 radical (unpaired) electrons. The molecule has 12 nitrogen and oxygen atoms in total. The van der Waals surface area contributed by atoms with Crippen molar-refractivity contribution in [3.8, 4) is 11.5 Å². The van der Waals surface area contributed by atoms with Crippen LogP contribution in [0, 0.1) is 10.1 Å². The van der Waals surface area contributed by atoms with Gasteiger partial charge in [-0.15, -0.1) is 0 Å². The Morgan fingerprint density at radius 3 is 2.43 bits per heavy atom. The van der Waals surface area contributed by atoms with E-state index in [0.29, 0.717) is 21.3 Å². The largest absolute Gasteiger partial charge is 0.490 e. The molecule has 0 bridgehead atoms. The van der Waals surface area contributed by atoms with Crippen LogP contribution in [0.1, 0.15) is 35.3 Å². The number of non-ortho nitro benzene ring substituents is 1. The minimum Gasteiger partial charge on any atom is -0.490 e. The van der Waals surface area contributed by atoms with E-state index >= 15 is 0 Å². The molecule has 0 aromatic heterocycles. The topological polar surface area (TPSA) is 154 Å². The van der Waals surface area contributed by atoms with Gasteiger partial charge in [0.1, 0.15) is 12.2 Å². The summed E-state index contributed by atoms with van der Waals surface area (Å²) < 4.78 is 17.0. The molecule has 216 valence electrons. The average Bonchev–Trinajstić information content (AvgIpc) is 2.95. The summed E-state index contributed by atoms with van der Waals surface area (Å²) >= 11 is 3.43. The first kappa shape index (κ1) is 29.9. The molecule has 13 heteroatoms. The molecule has 0 saturated carbocycles. The number of hydrogen-bond donors (Lipinski definition) is 1. The Hall–Kier alpha value is -5.04. The van der Waals surface area contributed by atoms with E-state index < -0.39 is 28.7 Å². The van der Waals surface area contributed by atoms with Gasteiger partial charge in [0.2, 0.25) is 0 Å². The van der Waals surface area contributed by atoms with Crippen LogP contribution in [-0.2, 0) is 20.9 Å². The maximum Gasteiger partial charge on any atom is 0.338 e. The maximum absolute atomic E-state index is 13.3. The summed E-state index contributed by atoms with van der Waals surface area (Å²) in [4.78, 5) is 61.9. The second kappa shape index (κ2) is 13.1. The van der Waals surface area contributed by atoms with Crippen molar-refractivity contribution < 1.29 is 38.3 Å². The van der Waals surface area contributed by atoms with Crippen LogP contribution in [0.15, 0.2) is 70.7 Å². The SMILES string of the molecule is CCOC(=O)c1ccc(N2C(=O)NC(=O)/C(=C\c3cc(Br)c(OCc4cccc([N+](=O)[O-])c4)c(OCC)c3)C2=O)cc1. The summed E-state index contributed by atoms with van der Waals surface area (Å²) in [7, 11) is 0. The molecule has 3 aromatic rings. The summed E-state index contributed by atoms with van der Waals surface area (Å²) in [5.74, 6) is -1.71. The van der Waals surface area contributed by atoms with Crippen LogP contribution >= 0.6 is 15.9 Å². The molecule has 42 heavy (non-hydrogen) atoms. The molecule has 4 rings (SSSR count). The van der Waals surface area contributed by atoms with E-state index in [9.17, 15) is 29.3 Å². The number of esters is 1. The Morgan fingerprint density at radius 1 is 1.02 bits per heavy atom. The number of carbonyl (C=O) groups is 4. The van der Waals surface area contributed by atoms with Crippen LogP contribution in [0.25, 0.3) is 6.08 Å². The number of hydrogen-bond acceptors (Lipinski definition) is 9. The van der Waals surface area contributed by atoms with Gasteiger partial charge in [-0.25, -0.2) is 14.5 Å².